The summed E-state index contributed by atoms with van der Waals surface area (Å²) in [5, 5.41) is 0. The molecule has 0 saturated carbocycles. The zero-order valence-corrected chi connectivity index (χ0v) is 14.2. The monoisotopic (exact) mass is 326 g/mol. The Morgan fingerprint density at radius 2 is 1.71 bits per heavy atom. The van der Waals surface area contributed by atoms with Crippen LogP contribution >= 0.6 is 0 Å². The van der Waals surface area contributed by atoms with Gasteiger partial charge in [0.25, 0.3) is 0 Å². The number of rotatable bonds is 3. The van der Waals surface area contributed by atoms with E-state index in [4.69, 9.17) is 4.74 Å². The highest BCUT2D eigenvalue weighted by atomic mass is 19.1. The molecule has 0 bridgehead atoms. The molecule has 0 heterocycles. The van der Waals surface area contributed by atoms with E-state index in [1.807, 2.05) is 18.2 Å². The van der Waals surface area contributed by atoms with Crippen LogP contribution in [0.3, 0.4) is 0 Å². The van der Waals surface area contributed by atoms with Crippen molar-refractivity contribution in [2.45, 2.75) is 33.1 Å². The molecule has 126 valence electrons. The molecule has 0 unspecified atom stereocenters. The van der Waals surface area contributed by atoms with Crippen molar-refractivity contribution in [3.05, 3.63) is 77.1 Å². The number of ether oxygens (including phenoxy) is 1. The van der Waals surface area contributed by atoms with E-state index in [0.717, 1.165) is 18.4 Å². The number of carbonyl (C=O) groups is 1. The van der Waals surface area contributed by atoms with E-state index in [9.17, 15) is 9.18 Å². The van der Waals surface area contributed by atoms with Gasteiger partial charge in [-0.1, -0.05) is 54.1 Å². The zero-order chi connectivity index (χ0) is 17.4. The number of hydrogen-bond donors (Lipinski definition) is 0. The minimum absolute atomic E-state index is 0.272. The Labute approximate surface area is 143 Å². The third kappa shape index (κ3) is 4.79. The second-order valence-corrected chi connectivity index (χ2v) is 5.67. The van der Waals surface area contributed by atoms with Gasteiger partial charge < -0.3 is 4.74 Å². The first kappa shape index (κ1) is 17.9. The molecule has 0 aromatic heterocycles. The Balaban J connectivity index is 0.000000249. The van der Waals surface area contributed by atoms with E-state index < -0.39 is 0 Å². The molecule has 0 radical (unpaired) electrons. The van der Waals surface area contributed by atoms with Gasteiger partial charge >= 0.3 is 5.97 Å². The third-order valence-corrected chi connectivity index (χ3v) is 3.88. The predicted molar refractivity (Wildman–Crippen MR) is 95.0 cm³/mol. The van der Waals surface area contributed by atoms with E-state index in [-0.39, 0.29) is 11.8 Å². The number of allylic oxidation sites excluding steroid dienone is 1. The summed E-state index contributed by atoms with van der Waals surface area (Å²) < 4.78 is 18.7. The molecule has 1 aliphatic rings. The fourth-order valence-electron chi connectivity index (χ4n) is 2.72. The first-order chi connectivity index (χ1) is 11.6. The summed E-state index contributed by atoms with van der Waals surface area (Å²) in [6.45, 7) is 4.21. The molecule has 3 rings (SSSR count). The molecule has 0 N–H and O–H groups in total. The lowest BCUT2D eigenvalue weighted by molar-refractivity contribution is -0.138. The lowest BCUT2D eigenvalue weighted by Gasteiger charge is -2.08. The van der Waals surface area contributed by atoms with Crippen LogP contribution in [0.4, 0.5) is 4.39 Å². The Hall–Kier alpha value is -2.42. The molecule has 0 atom stereocenters. The van der Waals surface area contributed by atoms with Gasteiger partial charge in [0.1, 0.15) is 5.82 Å². The summed E-state index contributed by atoms with van der Waals surface area (Å²) >= 11 is 0. The van der Waals surface area contributed by atoms with Crippen molar-refractivity contribution < 1.29 is 13.9 Å². The molecule has 2 aromatic rings. The maximum absolute atomic E-state index is 13.7. The van der Waals surface area contributed by atoms with Gasteiger partial charge in [-0.05, 0) is 44.7 Å². The van der Waals surface area contributed by atoms with Gasteiger partial charge in [0.05, 0.1) is 6.61 Å². The maximum Gasteiger partial charge on any atom is 0.334 e. The van der Waals surface area contributed by atoms with Crippen LogP contribution in [0, 0.1) is 12.7 Å². The van der Waals surface area contributed by atoms with Gasteiger partial charge in [-0.25, -0.2) is 9.18 Å². The number of benzene rings is 2. The smallest absolute Gasteiger partial charge is 0.334 e. The van der Waals surface area contributed by atoms with E-state index in [1.54, 1.807) is 25.1 Å². The highest BCUT2D eigenvalue weighted by Gasteiger charge is 2.24. The van der Waals surface area contributed by atoms with E-state index in [1.165, 1.54) is 11.6 Å². The minimum atomic E-state index is -0.303. The summed E-state index contributed by atoms with van der Waals surface area (Å²) in [6, 6.07) is 16.8. The van der Waals surface area contributed by atoms with Gasteiger partial charge in [-0.15, -0.1) is 0 Å². The van der Waals surface area contributed by atoms with E-state index >= 15 is 0 Å². The molecule has 3 heteroatoms. The molecular formula is C21H23FO2. The highest BCUT2D eigenvalue weighted by Crippen LogP contribution is 2.35. The van der Waals surface area contributed by atoms with E-state index in [2.05, 4.69) is 19.1 Å². The van der Waals surface area contributed by atoms with Crippen molar-refractivity contribution in [3.63, 3.8) is 0 Å². The van der Waals surface area contributed by atoms with Gasteiger partial charge in [0.15, 0.2) is 0 Å². The zero-order valence-electron chi connectivity index (χ0n) is 14.2. The Bertz CT molecular complexity index is 705. The predicted octanol–water partition coefficient (Wildman–Crippen LogP) is 5.32. The summed E-state index contributed by atoms with van der Waals surface area (Å²) in [5.74, 6) is -0.575. The second kappa shape index (κ2) is 9.02. The van der Waals surface area contributed by atoms with Crippen LogP contribution in [0.5, 0.6) is 0 Å². The number of carbonyl (C=O) groups excluding carboxylic acids is 1. The quantitative estimate of drug-likeness (QED) is 0.713. The topological polar surface area (TPSA) is 26.3 Å². The highest BCUT2D eigenvalue weighted by molar-refractivity contribution is 5.98. The van der Waals surface area contributed by atoms with Crippen molar-refractivity contribution in [3.8, 4) is 0 Å². The fraction of sp³-hybridized carbons (Fsp3) is 0.286. The third-order valence-electron chi connectivity index (χ3n) is 3.88. The van der Waals surface area contributed by atoms with Crippen molar-refractivity contribution >= 4 is 11.5 Å². The number of hydrogen-bond acceptors (Lipinski definition) is 2. The maximum atomic E-state index is 13.7. The Kier molecular flexibility index (Phi) is 6.74. The van der Waals surface area contributed by atoms with Crippen LogP contribution in [-0.4, -0.2) is 12.6 Å². The van der Waals surface area contributed by atoms with Crippen molar-refractivity contribution in [2.24, 2.45) is 0 Å². The molecule has 2 aromatic carbocycles. The SMILES string of the molecule is CCOC(=O)C1=C(c2ccccc2F)CCC1.Cc1ccccc1. The lowest BCUT2D eigenvalue weighted by Crippen LogP contribution is -2.07. The molecule has 24 heavy (non-hydrogen) atoms. The lowest BCUT2D eigenvalue weighted by atomic mass is 10.0. The average Bonchev–Trinajstić information content (AvgIpc) is 3.06. The second-order valence-electron chi connectivity index (χ2n) is 5.67. The van der Waals surface area contributed by atoms with Crippen molar-refractivity contribution in [1.82, 2.24) is 0 Å². The number of aryl methyl sites for hydroxylation is 1. The largest absolute Gasteiger partial charge is 0.463 e. The average molecular weight is 326 g/mol. The van der Waals surface area contributed by atoms with Crippen LogP contribution in [0.2, 0.25) is 0 Å². The Morgan fingerprint density at radius 1 is 1.04 bits per heavy atom. The number of esters is 1. The molecular weight excluding hydrogens is 303 g/mol. The summed E-state index contributed by atoms with van der Waals surface area (Å²) in [6.07, 6.45) is 2.31. The van der Waals surface area contributed by atoms with Crippen LogP contribution in [-0.2, 0) is 9.53 Å². The first-order valence-corrected chi connectivity index (χ1v) is 8.29. The number of halogens is 1. The van der Waals surface area contributed by atoms with Crippen LogP contribution < -0.4 is 0 Å². The van der Waals surface area contributed by atoms with Crippen molar-refractivity contribution in [2.75, 3.05) is 6.61 Å². The first-order valence-electron chi connectivity index (χ1n) is 8.29. The minimum Gasteiger partial charge on any atom is -0.463 e. The molecule has 0 amide bonds. The standard InChI is InChI=1S/C14H15FO2.C7H8/c1-2-17-14(16)12-8-5-7-10(12)11-6-3-4-9-13(11)15;1-7-5-3-2-4-6-7/h3-4,6,9H,2,5,7-8H2,1H3;2-6H,1H3. The van der Waals surface area contributed by atoms with Crippen molar-refractivity contribution in [1.29, 1.82) is 0 Å². The van der Waals surface area contributed by atoms with Crippen LogP contribution in [0.25, 0.3) is 5.57 Å². The van der Waals surface area contributed by atoms with Crippen LogP contribution in [0.15, 0.2) is 60.2 Å². The normalized spacial score (nSPS) is 13.3. The molecule has 0 saturated heterocycles. The molecule has 0 spiro atoms. The summed E-state index contributed by atoms with van der Waals surface area (Å²) in [4.78, 5) is 11.7. The van der Waals surface area contributed by atoms with Gasteiger partial charge in [-0.3, -0.25) is 0 Å². The fourth-order valence-corrected chi connectivity index (χ4v) is 2.72. The van der Waals surface area contributed by atoms with Gasteiger partial charge in [0.2, 0.25) is 0 Å². The van der Waals surface area contributed by atoms with Gasteiger partial charge in [-0.2, -0.15) is 0 Å². The van der Waals surface area contributed by atoms with Gasteiger partial charge in [0, 0.05) is 11.1 Å². The van der Waals surface area contributed by atoms with Crippen LogP contribution in [0.1, 0.15) is 37.3 Å². The molecule has 0 aliphatic heterocycles. The Morgan fingerprint density at radius 3 is 2.29 bits per heavy atom. The summed E-state index contributed by atoms with van der Waals surface area (Å²) in [7, 11) is 0. The van der Waals surface area contributed by atoms with E-state index in [0.29, 0.717) is 24.2 Å². The molecule has 2 nitrogen and oxygen atoms in total. The molecule has 1 aliphatic carbocycles. The molecule has 0 fully saturated rings. The summed E-state index contributed by atoms with van der Waals surface area (Å²) in [5.41, 5.74) is 3.30.